The second kappa shape index (κ2) is 6.58. The molecular weight excluding hydrogens is 290 g/mol. The predicted octanol–water partition coefficient (Wildman–Crippen LogP) is 1.94. The number of hydrogen-bond acceptors (Lipinski definition) is 3. The van der Waals surface area contributed by atoms with Crippen LogP contribution < -0.4 is 4.72 Å². The van der Waals surface area contributed by atoms with E-state index in [-0.39, 0.29) is 5.75 Å². The van der Waals surface area contributed by atoms with Crippen molar-refractivity contribution >= 4 is 16.0 Å². The van der Waals surface area contributed by atoms with Gasteiger partial charge in [-0.3, -0.25) is 4.79 Å². The predicted molar refractivity (Wildman–Crippen MR) is 80.5 cm³/mol. The van der Waals surface area contributed by atoms with Gasteiger partial charge in [0.15, 0.2) is 0 Å². The fourth-order valence-electron chi connectivity index (χ4n) is 2.76. The van der Waals surface area contributed by atoms with Crippen molar-refractivity contribution < 1.29 is 18.3 Å². The molecule has 5 nitrogen and oxygen atoms in total. The highest BCUT2D eigenvalue weighted by atomic mass is 32.2. The highest BCUT2D eigenvalue weighted by Crippen LogP contribution is 2.29. The van der Waals surface area contributed by atoms with Gasteiger partial charge < -0.3 is 5.11 Å². The van der Waals surface area contributed by atoms with Gasteiger partial charge in [-0.25, -0.2) is 8.42 Å². The Kier molecular flexibility index (Phi) is 5.00. The smallest absolute Gasteiger partial charge is 0.324 e. The zero-order valence-corrected chi connectivity index (χ0v) is 12.7. The highest BCUT2D eigenvalue weighted by Gasteiger charge is 2.42. The summed E-state index contributed by atoms with van der Waals surface area (Å²) < 4.78 is 26.9. The van der Waals surface area contributed by atoms with Crippen LogP contribution in [0.3, 0.4) is 0 Å². The lowest BCUT2D eigenvalue weighted by molar-refractivity contribution is -0.145. The third-order valence-electron chi connectivity index (χ3n) is 3.97. The summed E-state index contributed by atoms with van der Waals surface area (Å²) in [6.45, 7) is 0. The number of sulfonamides is 1. The normalized spacial score (nSPS) is 18.3. The van der Waals surface area contributed by atoms with Crippen LogP contribution in [0.1, 0.15) is 37.7 Å². The largest absolute Gasteiger partial charge is 0.480 e. The van der Waals surface area contributed by atoms with Gasteiger partial charge in [-0.2, -0.15) is 4.72 Å². The van der Waals surface area contributed by atoms with Gasteiger partial charge in [0, 0.05) is 0 Å². The van der Waals surface area contributed by atoms with Crippen molar-refractivity contribution in [1.29, 1.82) is 0 Å². The number of aliphatic carboxylic acids is 1. The number of carbonyl (C=O) groups is 1. The SMILES string of the molecule is O=C(O)C1(NS(=O)(=O)CCc2ccccc2)CCCCC1. The zero-order valence-electron chi connectivity index (χ0n) is 11.9. The molecular formula is C15H21NO4S. The Balaban J connectivity index is 2.03. The van der Waals surface area contributed by atoms with Crippen molar-refractivity contribution in [2.45, 2.75) is 44.1 Å². The Hall–Kier alpha value is -1.40. The maximum atomic E-state index is 12.2. The first-order valence-corrected chi connectivity index (χ1v) is 8.88. The molecule has 1 aromatic rings. The van der Waals surface area contributed by atoms with Gasteiger partial charge in [-0.1, -0.05) is 49.6 Å². The molecule has 2 rings (SSSR count). The van der Waals surface area contributed by atoms with Gasteiger partial charge in [0.1, 0.15) is 5.54 Å². The minimum absolute atomic E-state index is 0.0912. The molecule has 0 unspecified atom stereocenters. The summed E-state index contributed by atoms with van der Waals surface area (Å²) in [6.07, 6.45) is 3.56. The van der Waals surface area contributed by atoms with Crippen LogP contribution in [0, 0.1) is 0 Å². The van der Waals surface area contributed by atoms with Crippen LogP contribution in [0.4, 0.5) is 0 Å². The molecule has 0 saturated heterocycles. The molecule has 0 heterocycles. The third-order valence-corrected chi connectivity index (χ3v) is 5.41. The molecule has 0 spiro atoms. The standard InChI is InChI=1S/C15H21NO4S/c17-14(18)15(10-5-2-6-11-15)16-21(19,20)12-9-13-7-3-1-4-8-13/h1,3-4,7-8,16H,2,5-6,9-12H2,(H,17,18). The zero-order chi connectivity index (χ0) is 15.3. The van der Waals surface area contributed by atoms with E-state index in [2.05, 4.69) is 4.72 Å². The second-order valence-electron chi connectivity index (χ2n) is 5.60. The molecule has 2 N–H and O–H groups in total. The van der Waals surface area contributed by atoms with E-state index in [0.717, 1.165) is 24.8 Å². The van der Waals surface area contributed by atoms with Crippen LogP contribution in [-0.2, 0) is 21.2 Å². The van der Waals surface area contributed by atoms with E-state index in [1.807, 2.05) is 30.3 Å². The van der Waals surface area contributed by atoms with Crippen molar-refractivity contribution in [3.8, 4) is 0 Å². The maximum Gasteiger partial charge on any atom is 0.324 e. The van der Waals surface area contributed by atoms with Gasteiger partial charge in [0.05, 0.1) is 5.75 Å². The molecule has 1 aromatic carbocycles. The summed E-state index contributed by atoms with van der Waals surface area (Å²) >= 11 is 0. The Morgan fingerprint density at radius 3 is 2.33 bits per heavy atom. The van der Waals surface area contributed by atoms with Crippen LogP contribution >= 0.6 is 0 Å². The first-order valence-electron chi connectivity index (χ1n) is 7.23. The lowest BCUT2D eigenvalue weighted by Gasteiger charge is -2.33. The maximum absolute atomic E-state index is 12.2. The van der Waals surface area contributed by atoms with Crippen LogP contribution in [0.5, 0.6) is 0 Å². The summed E-state index contributed by atoms with van der Waals surface area (Å²) in [5.74, 6) is -1.16. The minimum Gasteiger partial charge on any atom is -0.480 e. The number of rotatable bonds is 6. The monoisotopic (exact) mass is 311 g/mol. The van der Waals surface area contributed by atoms with Gasteiger partial charge >= 0.3 is 5.97 Å². The highest BCUT2D eigenvalue weighted by molar-refractivity contribution is 7.89. The van der Waals surface area contributed by atoms with E-state index < -0.39 is 21.5 Å². The Morgan fingerprint density at radius 2 is 1.76 bits per heavy atom. The molecule has 1 saturated carbocycles. The number of nitrogens with one attached hydrogen (secondary N) is 1. The average molecular weight is 311 g/mol. The van der Waals surface area contributed by atoms with Gasteiger partial charge in [-0.05, 0) is 24.8 Å². The fraction of sp³-hybridized carbons (Fsp3) is 0.533. The third kappa shape index (κ3) is 4.28. The molecule has 0 atom stereocenters. The van der Waals surface area contributed by atoms with Crippen molar-refractivity contribution in [2.24, 2.45) is 0 Å². The van der Waals surface area contributed by atoms with Crippen molar-refractivity contribution in [3.05, 3.63) is 35.9 Å². The average Bonchev–Trinajstić information content (AvgIpc) is 2.47. The van der Waals surface area contributed by atoms with Gasteiger partial charge in [0.2, 0.25) is 10.0 Å². The summed E-state index contributed by atoms with van der Waals surface area (Å²) in [4.78, 5) is 11.5. The molecule has 116 valence electrons. The first-order chi connectivity index (χ1) is 9.94. The molecule has 21 heavy (non-hydrogen) atoms. The Bertz CT molecular complexity index is 577. The summed E-state index contributed by atoms with van der Waals surface area (Å²) in [5, 5.41) is 9.41. The molecule has 6 heteroatoms. The first kappa shape index (κ1) is 16.0. The molecule has 1 fully saturated rings. The molecule has 1 aliphatic rings. The van der Waals surface area contributed by atoms with Crippen LogP contribution in [0.2, 0.25) is 0 Å². The molecule has 0 radical (unpaired) electrons. The van der Waals surface area contributed by atoms with Crippen molar-refractivity contribution in [1.82, 2.24) is 4.72 Å². The fourth-order valence-corrected chi connectivity index (χ4v) is 4.25. The van der Waals surface area contributed by atoms with Crippen LogP contribution in [-0.4, -0.2) is 30.8 Å². The van der Waals surface area contributed by atoms with Crippen molar-refractivity contribution in [2.75, 3.05) is 5.75 Å². The van der Waals surface area contributed by atoms with Gasteiger partial charge in [0.25, 0.3) is 0 Å². The lowest BCUT2D eigenvalue weighted by atomic mass is 9.83. The quantitative estimate of drug-likeness (QED) is 0.841. The van der Waals surface area contributed by atoms with Crippen LogP contribution in [0.25, 0.3) is 0 Å². The van der Waals surface area contributed by atoms with E-state index >= 15 is 0 Å². The lowest BCUT2D eigenvalue weighted by Crippen LogP contribution is -2.56. The van der Waals surface area contributed by atoms with E-state index in [1.54, 1.807) is 0 Å². The molecule has 0 amide bonds. The number of aryl methyl sites for hydroxylation is 1. The van der Waals surface area contributed by atoms with Crippen LogP contribution in [0.15, 0.2) is 30.3 Å². The molecule has 1 aliphatic carbocycles. The van der Waals surface area contributed by atoms with Gasteiger partial charge in [-0.15, -0.1) is 0 Å². The van der Waals surface area contributed by atoms with E-state index in [4.69, 9.17) is 0 Å². The number of benzene rings is 1. The van der Waals surface area contributed by atoms with E-state index in [0.29, 0.717) is 19.3 Å². The summed E-state index contributed by atoms with van der Waals surface area (Å²) in [6, 6.07) is 9.31. The van der Waals surface area contributed by atoms with Crippen molar-refractivity contribution in [3.63, 3.8) is 0 Å². The number of hydrogen-bond donors (Lipinski definition) is 2. The number of carboxylic acids is 1. The molecule has 0 bridgehead atoms. The molecule has 0 aromatic heterocycles. The number of carboxylic acid groups (broad SMARTS) is 1. The summed E-state index contributed by atoms with van der Waals surface area (Å²) in [7, 11) is -3.61. The Labute approximate surface area is 125 Å². The summed E-state index contributed by atoms with van der Waals surface area (Å²) in [5.41, 5.74) is -0.385. The minimum atomic E-state index is -3.61. The van der Waals surface area contributed by atoms with E-state index in [9.17, 15) is 18.3 Å². The molecule has 0 aliphatic heterocycles. The topological polar surface area (TPSA) is 83.5 Å². The second-order valence-corrected chi connectivity index (χ2v) is 7.45. The van der Waals surface area contributed by atoms with E-state index in [1.165, 1.54) is 0 Å². The Morgan fingerprint density at radius 1 is 1.14 bits per heavy atom.